The van der Waals surface area contributed by atoms with E-state index in [1.54, 1.807) is 24.3 Å². The lowest BCUT2D eigenvalue weighted by molar-refractivity contribution is 0.0793. The third-order valence-corrected chi connectivity index (χ3v) is 6.73. The number of carbonyl (C=O) groups is 2. The Morgan fingerprint density at radius 2 is 1.65 bits per heavy atom. The zero-order chi connectivity index (χ0) is 22.0. The van der Waals surface area contributed by atoms with Gasteiger partial charge < -0.3 is 15.1 Å². The highest BCUT2D eigenvalue weighted by Gasteiger charge is 2.26. The highest BCUT2D eigenvalue weighted by molar-refractivity contribution is 6.37. The van der Waals surface area contributed by atoms with E-state index in [1.807, 2.05) is 17.0 Å². The van der Waals surface area contributed by atoms with Gasteiger partial charge in [-0.25, -0.2) is 0 Å². The molecule has 2 aliphatic heterocycles. The SMILES string of the molecule is CC1CCN(c2ccc(NC(=O)c3ccc(Cl)cc3Cl)cc2C(=O)N2CCCC2)CC1. The number of piperidine rings is 1. The fraction of sp³-hybridized carbons (Fsp3) is 0.417. The van der Waals surface area contributed by atoms with E-state index in [1.165, 1.54) is 0 Å². The number of nitrogens with zero attached hydrogens (tertiary/aromatic N) is 2. The summed E-state index contributed by atoms with van der Waals surface area (Å²) in [7, 11) is 0. The monoisotopic (exact) mass is 459 g/mol. The lowest BCUT2D eigenvalue weighted by Crippen LogP contribution is -2.35. The molecule has 0 saturated carbocycles. The van der Waals surface area contributed by atoms with Crippen molar-refractivity contribution < 1.29 is 9.59 Å². The zero-order valence-electron chi connectivity index (χ0n) is 17.7. The first-order valence-electron chi connectivity index (χ1n) is 10.9. The average molecular weight is 460 g/mol. The smallest absolute Gasteiger partial charge is 0.257 e. The molecule has 0 aromatic heterocycles. The average Bonchev–Trinajstić information content (AvgIpc) is 3.29. The molecule has 0 radical (unpaired) electrons. The standard InChI is InChI=1S/C24H27Cl2N3O2/c1-16-8-12-28(13-9-16)22-7-5-18(15-20(22)24(31)29-10-2-3-11-29)27-23(30)19-6-4-17(25)14-21(19)26/h4-7,14-16H,2-3,8-13H2,1H3,(H,27,30). The van der Waals surface area contributed by atoms with Crippen LogP contribution >= 0.6 is 23.2 Å². The van der Waals surface area contributed by atoms with Gasteiger partial charge in [0.15, 0.2) is 0 Å². The van der Waals surface area contributed by atoms with Gasteiger partial charge in [-0.15, -0.1) is 0 Å². The van der Waals surface area contributed by atoms with Gasteiger partial charge >= 0.3 is 0 Å². The van der Waals surface area contributed by atoms with Crippen molar-refractivity contribution in [1.29, 1.82) is 0 Å². The minimum absolute atomic E-state index is 0.0340. The minimum Gasteiger partial charge on any atom is -0.371 e. The van der Waals surface area contributed by atoms with Gasteiger partial charge in [-0.2, -0.15) is 0 Å². The maximum atomic E-state index is 13.3. The lowest BCUT2D eigenvalue weighted by atomic mass is 9.97. The van der Waals surface area contributed by atoms with Crippen LogP contribution in [0, 0.1) is 5.92 Å². The van der Waals surface area contributed by atoms with Crippen molar-refractivity contribution in [3.63, 3.8) is 0 Å². The van der Waals surface area contributed by atoms with Gasteiger partial charge in [0.1, 0.15) is 0 Å². The highest BCUT2D eigenvalue weighted by Crippen LogP contribution is 2.31. The molecule has 2 amide bonds. The summed E-state index contributed by atoms with van der Waals surface area (Å²) in [6, 6.07) is 10.4. The van der Waals surface area contributed by atoms with Crippen molar-refractivity contribution in [2.75, 3.05) is 36.4 Å². The first kappa shape index (κ1) is 22.0. The molecule has 2 fully saturated rings. The number of carbonyl (C=O) groups excluding carboxylic acids is 2. The number of nitrogens with one attached hydrogen (secondary N) is 1. The molecule has 31 heavy (non-hydrogen) atoms. The van der Waals surface area contributed by atoms with Gasteiger partial charge in [-0.3, -0.25) is 9.59 Å². The molecule has 2 aromatic carbocycles. The molecular formula is C24H27Cl2N3O2. The van der Waals surface area contributed by atoms with Crippen LogP contribution in [0.5, 0.6) is 0 Å². The van der Waals surface area contributed by atoms with Crippen LogP contribution in [0.1, 0.15) is 53.3 Å². The minimum atomic E-state index is -0.333. The van der Waals surface area contributed by atoms with E-state index in [9.17, 15) is 9.59 Å². The predicted octanol–water partition coefficient (Wildman–Crippen LogP) is 5.72. The molecule has 2 saturated heterocycles. The van der Waals surface area contributed by atoms with Gasteiger partial charge in [0.25, 0.3) is 11.8 Å². The van der Waals surface area contributed by atoms with Crippen molar-refractivity contribution >= 4 is 46.4 Å². The molecule has 1 N–H and O–H groups in total. The number of benzene rings is 2. The Labute approximate surface area is 193 Å². The second-order valence-electron chi connectivity index (χ2n) is 8.48. The maximum absolute atomic E-state index is 13.3. The van der Waals surface area contributed by atoms with E-state index < -0.39 is 0 Å². The molecule has 2 aromatic rings. The van der Waals surface area contributed by atoms with E-state index >= 15 is 0 Å². The predicted molar refractivity (Wildman–Crippen MR) is 127 cm³/mol. The number of rotatable bonds is 4. The summed E-state index contributed by atoms with van der Waals surface area (Å²) in [4.78, 5) is 30.3. The number of halogens is 2. The van der Waals surface area contributed by atoms with Gasteiger partial charge in [0.05, 0.1) is 16.1 Å². The van der Waals surface area contributed by atoms with E-state index in [0.29, 0.717) is 27.8 Å². The molecular weight excluding hydrogens is 433 g/mol. The molecule has 0 bridgehead atoms. The Bertz CT molecular complexity index is 981. The zero-order valence-corrected chi connectivity index (χ0v) is 19.2. The Kier molecular flexibility index (Phi) is 6.73. The molecule has 5 nitrogen and oxygen atoms in total. The summed E-state index contributed by atoms with van der Waals surface area (Å²) < 4.78 is 0. The van der Waals surface area contributed by atoms with E-state index in [2.05, 4.69) is 17.1 Å². The topological polar surface area (TPSA) is 52.7 Å². The van der Waals surface area contributed by atoms with Crippen LogP contribution in [-0.4, -0.2) is 42.9 Å². The van der Waals surface area contributed by atoms with Crippen molar-refractivity contribution in [3.05, 3.63) is 57.6 Å². The molecule has 2 aliphatic rings. The van der Waals surface area contributed by atoms with E-state index in [4.69, 9.17) is 23.2 Å². The van der Waals surface area contributed by atoms with Crippen LogP contribution in [0.15, 0.2) is 36.4 Å². The summed E-state index contributed by atoms with van der Waals surface area (Å²) in [5, 5.41) is 3.65. The number of hydrogen-bond donors (Lipinski definition) is 1. The van der Waals surface area contributed by atoms with Crippen molar-refractivity contribution in [2.24, 2.45) is 5.92 Å². The van der Waals surface area contributed by atoms with Crippen molar-refractivity contribution in [2.45, 2.75) is 32.6 Å². The fourth-order valence-corrected chi connectivity index (χ4v) is 4.77. The molecule has 7 heteroatoms. The third-order valence-electron chi connectivity index (χ3n) is 6.18. The highest BCUT2D eigenvalue weighted by atomic mass is 35.5. The first-order valence-corrected chi connectivity index (χ1v) is 11.6. The Balaban J connectivity index is 1.62. The summed E-state index contributed by atoms with van der Waals surface area (Å²) in [6.07, 6.45) is 4.30. The van der Waals surface area contributed by atoms with Crippen LogP contribution in [0.25, 0.3) is 0 Å². The quantitative estimate of drug-likeness (QED) is 0.635. The molecule has 164 valence electrons. The number of hydrogen-bond acceptors (Lipinski definition) is 3. The summed E-state index contributed by atoms with van der Waals surface area (Å²) in [5.74, 6) is 0.407. The van der Waals surface area contributed by atoms with Crippen LogP contribution in [0.4, 0.5) is 11.4 Å². The van der Waals surface area contributed by atoms with E-state index in [-0.39, 0.29) is 16.8 Å². The van der Waals surface area contributed by atoms with Crippen molar-refractivity contribution in [1.82, 2.24) is 4.90 Å². The summed E-state index contributed by atoms with van der Waals surface area (Å²) in [5.41, 5.74) is 2.52. The molecule has 4 rings (SSSR count). The van der Waals surface area contributed by atoms with Crippen LogP contribution in [0.3, 0.4) is 0 Å². The number of amides is 2. The molecule has 2 heterocycles. The summed E-state index contributed by atoms with van der Waals surface area (Å²) in [6.45, 7) is 5.72. The molecule has 0 aliphatic carbocycles. The second-order valence-corrected chi connectivity index (χ2v) is 9.32. The van der Waals surface area contributed by atoms with Crippen molar-refractivity contribution in [3.8, 4) is 0 Å². The normalized spacial score (nSPS) is 17.1. The Morgan fingerprint density at radius 1 is 0.935 bits per heavy atom. The van der Waals surface area contributed by atoms with E-state index in [0.717, 1.165) is 57.5 Å². The molecule has 0 unspecified atom stereocenters. The molecule has 0 spiro atoms. The van der Waals surface area contributed by atoms with Gasteiger partial charge in [-0.05, 0) is 68.0 Å². The second kappa shape index (κ2) is 9.49. The number of anilines is 2. The largest absolute Gasteiger partial charge is 0.371 e. The third kappa shape index (κ3) is 4.99. The lowest BCUT2D eigenvalue weighted by Gasteiger charge is -2.34. The molecule has 0 atom stereocenters. The van der Waals surface area contributed by atoms with Gasteiger partial charge in [-0.1, -0.05) is 30.1 Å². The maximum Gasteiger partial charge on any atom is 0.257 e. The van der Waals surface area contributed by atoms with Gasteiger partial charge in [0.2, 0.25) is 0 Å². The van der Waals surface area contributed by atoms with Crippen LogP contribution < -0.4 is 10.2 Å². The van der Waals surface area contributed by atoms with Gasteiger partial charge in [0, 0.05) is 42.6 Å². The summed E-state index contributed by atoms with van der Waals surface area (Å²) >= 11 is 12.1. The van der Waals surface area contributed by atoms with Crippen LogP contribution in [0.2, 0.25) is 10.0 Å². The Hall–Kier alpha value is -2.24. The van der Waals surface area contributed by atoms with Crippen LogP contribution in [-0.2, 0) is 0 Å². The fourth-order valence-electron chi connectivity index (χ4n) is 4.27. The number of likely N-dealkylation sites (tertiary alicyclic amines) is 1. The first-order chi connectivity index (χ1) is 14.9. The Morgan fingerprint density at radius 3 is 2.32 bits per heavy atom.